The summed E-state index contributed by atoms with van der Waals surface area (Å²) in [5.41, 5.74) is 0.523. The highest BCUT2D eigenvalue weighted by molar-refractivity contribution is 7.22. The van der Waals surface area contributed by atoms with Crippen molar-refractivity contribution in [2.24, 2.45) is 0 Å². The summed E-state index contributed by atoms with van der Waals surface area (Å²) in [5, 5.41) is 0.471. The Morgan fingerprint density at radius 2 is 2.03 bits per heavy atom. The normalized spacial score (nSPS) is 14.7. The van der Waals surface area contributed by atoms with Crippen molar-refractivity contribution in [1.29, 1.82) is 0 Å². The van der Waals surface area contributed by atoms with E-state index in [4.69, 9.17) is 9.47 Å². The fourth-order valence-electron chi connectivity index (χ4n) is 3.51. The SMILES string of the molecule is COc1ccc2sc(N(CCCN3CCOCC3)C(=O)c3ccc(F)cc3F)nc2c1. The molecule has 0 radical (unpaired) electrons. The Morgan fingerprint density at radius 3 is 2.77 bits per heavy atom. The average molecular weight is 448 g/mol. The number of fused-ring (bicyclic) bond motifs is 1. The molecule has 0 atom stereocenters. The highest BCUT2D eigenvalue weighted by Gasteiger charge is 2.24. The molecule has 1 amide bonds. The topological polar surface area (TPSA) is 54.9 Å². The zero-order valence-electron chi connectivity index (χ0n) is 17.1. The van der Waals surface area contributed by atoms with Gasteiger partial charge in [-0.25, -0.2) is 13.8 Å². The molecule has 2 aromatic carbocycles. The van der Waals surface area contributed by atoms with E-state index < -0.39 is 17.5 Å². The first kappa shape index (κ1) is 21.6. The molecule has 0 spiro atoms. The van der Waals surface area contributed by atoms with Crippen molar-refractivity contribution in [3.63, 3.8) is 0 Å². The van der Waals surface area contributed by atoms with Gasteiger partial charge in [0.15, 0.2) is 5.13 Å². The molecule has 0 bridgehead atoms. The fraction of sp³-hybridized carbons (Fsp3) is 0.364. The minimum Gasteiger partial charge on any atom is -0.497 e. The molecule has 0 unspecified atom stereocenters. The Morgan fingerprint density at radius 1 is 1.23 bits per heavy atom. The van der Waals surface area contributed by atoms with E-state index >= 15 is 0 Å². The summed E-state index contributed by atoms with van der Waals surface area (Å²) >= 11 is 1.35. The molecular formula is C22H23F2N3O3S. The lowest BCUT2D eigenvalue weighted by Gasteiger charge is -2.27. The molecule has 9 heteroatoms. The second kappa shape index (κ2) is 9.67. The molecule has 1 fully saturated rings. The second-order valence-electron chi connectivity index (χ2n) is 7.22. The third-order valence-electron chi connectivity index (χ3n) is 5.18. The number of hydrogen-bond acceptors (Lipinski definition) is 6. The lowest BCUT2D eigenvalue weighted by atomic mass is 10.1. The van der Waals surface area contributed by atoms with Gasteiger partial charge in [0.1, 0.15) is 17.4 Å². The molecule has 1 saturated heterocycles. The smallest absolute Gasteiger partial charge is 0.263 e. The summed E-state index contributed by atoms with van der Waals surface area (Å²) in [7, 11) is 1.58. The van der Waals surface area contributed by atoms with Crippen LogP contribution in [-0.4, -0.2) is 62.3 Å². The number of thiazole rings is 1. The largest absolute Gasteiger partial charge is 0.497 e. The minimum absolute atomic E-state index is 0.176. The van der Waals surface area contributed by atoms with E-state index in [1.807, 2.05) is 12.1 Å². The molecule has 164 valence electrons. The first-order valence-electron chi connectivity index (χ1n) is 10.1. The summed E-state index contributed by atoms with van der Waals surface area (Å²) < 4.78 is 39.2. The lowest BCUT2D eigenvalue weighted by molar-refractivity contribution is 0.0376. The highest BCUT2D eigenvalue weighted by Crippen LogP contribution is 2.32. The first-order valence-corrected chi connectivity index (χ1v) is 10.9. The quantitative estimate of drug-likeness (QED) is 0.549. The number of carbonyl (C=O) groups is 1. The summed E-state index contributed by atoms with van der Waals surface area (Å²) in [6.07, 6.45) is 0.688. The number of amides is 1. The molecule has 6 nitrogen and oxygen atoms in total. The molecule has 0 saturated carbocycles. The lowest BCUT2D eigenvalue weighted by Crippen LogP contribution is -2.39. The molecule has 3 aromatic rings. The number of aromatic nitrogens is 1. The number of morpholine rings is 1. The standard InChI is InChI=1S/C22H23F2N3O3S/c1-29-16-4-6-20-19(14-16)25-22(31-20)27(8-2-7-26-9-11-30-12-10-26)21(28)17-5-3-15(23)13-18(17)24/h3-6,13-14H,2,7-12H2,1H3. The van der Waals surface area contributed by atoms with E-state index in [2.05, 4.69) is 9.88 Å². The van der Waals surface area contributed by atoms with Crippen molar-refractivity contribution in [3.05, 3.63) is 53.6 Å². The van der Waals surface area contributed by atoms with Gasteiger partial charge < -0.3 is 9.47 Å². The van der Waals surface area contributed by atoms with Gasteiger partial charge in [0.25, 0.3) is 5.91 Å². The predicted molar refractivity (Wildman–Crippen MR) is 116 cm³/mol. The maximum atomic E-state index is 14.3. The fourth-order valence-corrected chi connectivity index (χ4v) is 4.48. The van der Waals surface area contributed by atoms with Gasteiger partial charge in [0.05, 0.1) is 36.1 Å². The van der Waals surface area contributed by atoms with Gasteiger partial charge in [-0.2, -0.15) is 0 Å². The first-order chi connectivity index (χ1) is 15.0. The van der Waals surface area contributed by atoms with Gasteiger partial charge in [-0.15, -0.1) is 0 Å². The highest BCUT2D eigenvalue weighted by atomic mass is 32.1. The molecule has 0 aliphatic carbocycles. The van der Waals surface area contributed by atoms with Gasteiger partial charge in [-0.05, 0) is 30.7 Å². The van der Waals surface area contributed by atoms with Crippen LogP contribution < -0.4 is 9.64 Å². The van der Waals surface area contributed by atoms with Crippen molar-refractivity contribution in [2.45, 2.75) is 6.42 Å². The zero-order valence-corrected chi connectivity index (χ0v) is 18.0. The van der Waals surface area contributed by atoms with E-state index in [1.54, 1.807) is 13.2 Å². The maximum Gasteiger partial charge on any atom is 0.263 e. The number of methoxy groups -OCH3 is 1. The van der Waals surface area contributed by atoms with E-state index in [0.29, 0.717) is 42.6 Å². The molecule has 1 aliphatic heterocycles. The van der Waals surface area contributed by atoms with Gasteiger partial charge >= 0.3 is 0 Å². The van der Waals surface area contributed by atoms with Crippen LogP contribution in [0.25, 0.3) is 10.2 Å². The molecule has 1 aromatic heterocycles. The molecule has 4 rings (SSSR count). The molecule has 31 heavy (non-hydrogen) atoms. The molecular weight excluding hydrogens is 424 g/mol. The van der Waals surface area contributed by atoms with Gasteiger partial charge in [0, 0.05) is 38.3 Å². The van der Waals surface area contributed by atoms with E-state index in [-0.39, 0.29) is 5.56 Å². The number of nitrogens with zero attached hydrogens (tertiary/aromatic N) is 3. The van der Waals surface area contributed by atoms with Gasteiger partial charge in [0.2, 0.25) is 0 Å². The second-order valence-corrected chi connectivity index (χ2v) is 8.23. The van der Waals surface area contributed by atoms with Crippen molar-refractivity contribution in [1.82, 2.24) is 9.88 Å². The van der Waals surface area contributed by atoms with E-state index in [9.17, 15) is 13.6 Å². The van der Waals surface area contributed by atoms with Crippen LogP contribution in [-0.2, 0) is 4.74 Å². The van der Waals surface area contributed by atoms with Crippen LogP contribution in [0, 0.1) is 11.6 Å². The number of rotatable bonds is 7. The third kappa shape index (κ3) is 5.00. The van der Waals surface area contributed by atoms with Crippen LogP contribution in [0.4, 0.5) is 13.9 Å². The van der Waals surface area contributed by atoms with Crippen LogP contribution in [0.5, 0.6) is 5.75 Å². The Bertz CT molecular complexity index is 1070. The summed E-state index contributed by atoms with van der Waals surface area (Å²) in [5.74, 6) is -1.48. The number of benzene rings is 2. The molecule has 1 aliphatic rings. The summed E-state index contributed by atoms with van der Waals surface area (Å²) in [6, 6.07) is 8.50. The van der Waals surface area contributed by atoms with Crippen LogP contribution in [0.3, 0.4) is 0 Å². The number of ether oxygens (including phenoxy) is 2. The Labute approximate surface area is 183 Å². The van der Waals surface area contributed by atoms with Crippen molar-refractivity contribution < 1.29 is 23.0 Å². The van der Waals surface area contributed by atoms with Crippen LogP contribution in [0.1, 0.15) is 16.8 Å². The van der Waals surface area contributed by atoms with Gasteiger partial charge in [-0.1, -0.05) is 11.3 Å². The number of halogens is 2. The summed E-state index contributed by atoms with van der Waals surface area (Å²) in [4.78, 5) is 21.6. The van der Waals surface area contributed by atoms with Crippen molar-refractivity contribution in [3.8, 4) is 5.75 Å². The number of hydrogen-bond donors (Lipinski definition) is 0. The third-order valence-corrected chi connectivity index (χ3v) is 6.24. The van der Waals surface area contributed by atoms with Crippen LogP contribution >= 0.6 is 11.3 Å². The van der Waals surface area contributed by atoms with Crippen LogP contribution in [0.15, 0.2) is 36.4 Å². The Hall–Kier alpha value is -2.62. The summed E-state index contributed by atoms with van der Waals surface area (Å²) in [6.45, 7) is 4.25. The number of anilines is 1. The van der Waals surface area contributed by atoms with Crippen molar-refractivity contribution in [2.75, 3.05) is 51.4 Å². The Balaban J connectivity index is 1.60. The van der Waals surface area contributed by atoms with Gasteiger partial charge in [-0.3, -0.25) is 14.6 Å². The van der Waals surface area contributed by atoms with E-state index in [0.717, 1.165) is 36.5 Å². The average Bonchev–Trinajstić information content (AvgIpc) is 3.20. The number of carbonyl (C=O) groups excluding carboxylic acids is 1. The monoisotopic (exact) mass is 447 g/mol. The Kier molecular flexibility index (Phi) is 6.74. The minimum atomic E-state index is -0.883. The maximum absolute atomic E-state index is 14.3. The predicted octanol–water partition coefficient (Wildman–Crippen LogP) is 3.95. The zero-order chi connectivity index (χ0) is 21.8. The molecule has 2 heterocycles. The molecule has 0 N–H and O–H groups in total. The van der Waals surface area contributed by atoms with Crippen molar-refractivity contribution >= 4 is 32.6 Å². The van der Waals surface area contributed by atoms with Crippen LogP contribution in [0.2, 0.25) is 0 Å². The van der Waals surface area contributed by atoms with E-state index in [1.165, 1.54) is 22.3 Å².